The summed E-state index contributed by atoms with van der Waals surface area (Å²) in [6.07, 6.45) is 2.43. The first kappa shape index (κ1) is 97.9. The van der Waals surface area contributed by atoms with Gasteiger partial charge >= 0.3 is 0 Å². The molecule has 0 unspecified atom stereocenters. The number of aromatic nitrogens is 3. The number of nitrogen functional groups attached to an aromatic ring is 1. The lowest BCUT2D eigenvalue weighted by atomic mass is 10.1. The van der Waals surface area contributed by atoms with Gasteiger partial charge < -0.3 is 139 Å². The number of ether oxygens (including phenoxy) is 25. The Labute approximate surface area is 641 Å². The molecular weight excluding hydrogens is 1440 g/mol. The lowest BCUT2D eigenvalue weighted by Gasteiger charge is -2.27. The summed E-state index contributed by atoms with van der Waals surface area (Å²) in [5, 5.41) is 10.6. The number of fused-ring (bicyclic) bond motifs is 3. The third-order valence-corrected chi connectivity index (χ3v) is 14.6. The van der Waals surface area contributed by atoms with Crippen LogP contribution in [0.25, 0.3) is 21.9 Å². The predicted octanol–water partition coefficient (Wildman–Crippen LogP) is 2.01. The van der Waals surface area contributed by atoms with Crippen molar-refractivity contribution in [3.8, 4) is 0 Å². The van der Waals surface area contributed by atoms with Crippen molar-refractivity contribution in [1.29, 1.82) is 0 Å². The van der Waals surface area contributed by atoms with Crippen LogP contribution in [0.4, 0.5) is 5.82 Å². The zero-order valence-corrected chi connectivity index (χ0v) is 64.7. The summed E-state index contributed by atoms with van der Waals surface area (Å²) in [4.78, 5) is 53.6. The minimum atomic E-state index is -0.527. The molecular formula is C73H126N6O30. The van der Waals surface area contributed by atoms with Crippen LogP contribution in [0.2, 0.25) is 0 Å². The van der Waals surface area contributed by atoms with E-state index in [2.05, 4.69) is 28.7 Å². The number of hydrogen-bond donors (Lipinski definition) is 3. The summed E-state index contributed by atoms with van der Waals surface area (Å²) in [6.45, 7) is 29.2. The van der Waals surface area contributed by atoms with Crippen LogP contribution in [-0.4, -0.2) is 385 Å². The van der Waals surface area contributed by atoms with E-state index in [0.29, 0.717) is 348 Å². The average molecular weight is 1570 g/mol. The van der Waals surface area contributed by atoms with E-state index in [9.17, 15) is 14.4 Å². The highest BCUT2D eigenvalue weighted by Gasteiger charge is 2.26. The molecule has 3 heterocycles. The molecule has 0 spiro atoms. The number of carbonyl (C=O) groups excluding carboxylic acids is 3. The van der Waals surface area contributed by atoms with Gasteiger partial charge in [-0.05, 0) is 26.8 Å². The van der Waals surface area contributed by atoms with Crippen molar-refractivity contribution in [3.63, 3.8) is 0 Å². The van der Waals surface area contributed by atoms with E-state index in [1.54, 1.807) is 0 Å². The second-order valence-electron chi connectivity index (χ2n) is 23.5. The standard InChI is InChI=1S/C72H124N6O28.CH2O2/c1-4-82-61-65-76-69-70(63-7-5-6-8-64(63)75-71(69)73)78(65)62-72(2,3)106-60-59-105-58-57-104-56-55-103-54-53-102-52-51-101-50-49-100-48-47-99-46-45-98-44-43-97-42-41-96-40-39-95-38-37-94-36-35-93-34-33-92-32-31-91-30-29-90-28-27-89-26-25-88-24-23-87-22-21-86-20-19-85-18-17-84-16-15-83-14-12-74-66(79)11-13-77-67(80)9-10-68(77)81;2-1-3/h5-10H,4,11-62H2,1-3H3,(H2,73,75)(H,74,79);1H,(H,2,3). The molecule has 4 rings (SSSR count). The molecule has 36 nitrogen and oxygen atoms in total. The smallest absolute Gasteiger partial charge is 0.290 e. The van der Waals surface area contributed by atoms with Crippen LogP contribution in [0, 0.1) is 0 Å². The zero-order valence-electron chi connectivity index (χ0n) is 64.7. The Morgan fingerprint density at radius 3 is 1.00 bits per heavy atom. The van der Waals surface area contributed by atoms with Gasteiger partial charge in [0.15, 0.2) is 5.82 Å². The molecule has 3 aromatic rings. The summed E-state index contributed by atoms with van der Waals surface area (Å²) in [5.74, 6) is 0.105. The summed E-state index contributed by atoms with van der Waals surface area (Å²) < 4.78 is 142. The Morgan fingerprint density at radius 1 is 0.431 bits per heavy atom. The summed E-state index contributed by atoms with van der Waals surface area (Å²) in [5.41, 5.74) is 8.23. The molecule has 1 aliphatic rings. The number of nitrogens with one attached hydrogen (secondary N) is 1. The van der Waals surface area contributed by atoms with Gasteiger partial charge in [0.25, 0.3) is 18.3 Å². The molecule has 3 amide bonds. The van der Waals surface area contributed by atoms with Crippen molar-refractivity contribution in [2.24, 2.45) is 0 Å². The number of carboxylic acid groups (broad SMARTS) is 1. The lowest BCUT2D eigenvalue weighted by molar-refractivity contribution is -0.137. The molecule has 0 atom stereocenters. The number of hydrogen-bond acceptors (Lipinski definition) is 32. The Bertz CT molecular complexity index is 2650. The van der Waals surface area contributed by atoms with Crippen LogP contribution in [-0.2, 0) is 151 Å². The van der Waals surface area contributed by atoms with Gasteiger partial charge in [-0.1, -0.05) is 18.2 Å². The van der Waals surface area contributed by atoms with Crippen molar-refractivity contribution in [3.05, 3.63) is 42.2 Å². The maximum absolute atomic E-state index is 11.9. The molecule has 0 saturated heterocycles. The largest absolute Gasteiger partial charge is 0.483 e. The normalized spacial score (nSPS) is 12.4. The quantitative estimate of drug-likeness (QED) is 0.0413. The first-order valence-corrected chi connectivity index (χ1v) is 37.5. The van der Waals surface area contributed by atoms with E-state index in [0.717, 1.165) is 27.1 Å². The monoisotopic (exact) mass is 1570 g/mol. The second kappa shape index (κ2) is 71.7. The summed E-state index contributed by atoms with van der Waals surface area (Å²) in [7, 11) is 0. The number of anilines is 1. The fraction of sp³-hybridized carbons (Fsp3) is 0.781. The molecule has 628 valence electrons. The van der Waals surface area contributed by atoms with E-state index in [1.165, 1.54) is 12.2 Å². The SMILES string of the molecule is CCOCc1nc2c(N)nc3ccccc3c2n1CC(C)(C)OCCOCCOCCOCCOCCOCCOCCOCCOCCOCCOCCOCCOCCOCCOCCOCCOCCOCCOCCOCCOCCOCCOCCOCCNC(=O)CCN1C(=O)C=CC1=O.O=CO. The van der Waals surface area contributed by atoms with Gasteiger partial charge in [0.05, 0.1) is 334 Å². The van der Waals surface area contributed by atoms with Gasteiger partial charge in [-0.15, -0.1) is 0 Å². The molecule has 0 aliphatic carbocycles. The third kappa shape index (κ3) is 54.9. The molecule has 109 heavy (non-hydrogen) atoms. The molecule has 0 fully saturated rings. The van der Waals surface area contributed by atoms with E-state index < -0.39 is 17.4 Å². The number of para-hydroxylation sites is 1. The Morgan fingerprint density at radius 2 is 0.706 bits per heavy atom. The predicted molar refractivity (Wildman–Crippen MR) is 396 cm³/mol. The zero-order chi connectivity index (χ0) is 78.1. The van der Waals surface area contributed by atoms with Gasteiger partial charge in [0, 0.05) is 43.7 Å². The minimum absolute atomic E-state index is 0.0432. The molecule has 1 aromatic carbocycles. The highest BCUT2D eigenvalue weighted by molar-refractivity contribution is 6.13. The maximum atomic E-state index is 11.9. The number of imide groups is 1. The molecule has 0 saturated carbocycles. The minimum Gasteiger partial charge on any atom is -0.483 e. The molecule has 4 N–H and O–H groups in total. The van der Waals surface area contributed by atoms with E-state index in [4.69, 9.17) is 139 Å². The Hall–Kier alpha value is -5.28. The van der Waals surface area contributed by atoms with Crippen LogP contribution in [0.3, 0.4) is 0 Å². The van der Waals surface area contributed by atoms with Gasteiger partial charge in [0.2, 0.25) is 5.91 Å². The number of nitrogens with zero attached hydrogens (tertiary/aromatic N) is 4. The molecule has 2 aromatic heterocycles. The highest BCUT2D eigenvalue weighted by Crippen LogP contribution is 2.31. The molecule has 0 bridgehead atoms. The summed E-state index contributed by atoms with van der Waals surface area (Å²) in [6, 6.07) is 7.93. The fourth-order valence-electron chi connectivity index (χ4n) is 9.34. The van der Waals surface area contributed by atoms with Crippen molar-refractivity contribution in [2.45, 2.75) is 45.9 Å². The Balaban J connectivity index is 0.0000101. The fourth-order valence-corrected chi connectivity index (χ4v) is 9.34. The van der Waals surface area contributed by atoms with Crippen LogP contribution < -0.4 is 11.1 Å². The van der Waals surface area contributed by atoms with Gasteiger partial charge in [-0.2, -0.15) is 0 Å². The van der Waals surface area contributed by atoms with Crippen LogP contribution in [0.1, 0.15) is 33.0 Å². The topological polar surface area (TPSA) is 391 Å². The van der Waals surface area contributed by atoms with Crippen LogP contribution >= 0.6 is 0 Å². The van der Waals surface area contributed by atoms with Crippen molar-refractivity contribution in [1.82, 2.24) is 24.8 Å². The Kier molecular flexibility index (Phi) is 64.4. The first-order valence-electron chi connectivity index (χ1n) is 37.5. The number of nitrogens with two attached hydrogens (primary N) is 1. The number of carbonyl (C=O) groups is 4. The average Bonchev–Trinajstić information content (AvgIpc) is 1.62. The number of amides is 3. The first-order chi connectivity index (χ1) is 53.6. The second-order valence-corrected chi connectivity index (χ2v) is 23.5. The summed E-state index contributed by atoms with van der Waals surface area (Å²) >= 11 is 0. The van der Waals surface area contributed by atoms with Gasteiger partial charge in [-0.25, -0.2) is 9.97 Å². The third-order valence-electron chi connectivity index (χ3n) is 14.6. The van der Waals surface area contributed by atoms with E-state index in [1.807, 2.05) is 31.2 Å². The molecule has 0 radical (unpaired) electrons. The molecule has 36 heteroatoms. The molecule has 1 aliphatic heterocycles. The maximum Gasteiger partial charge on any atom is 0.290 e. The number of imidazole rings is 1. The van der Waals surface area contributed by atoms with E-state index in [-0.39, 0.29) is 25.3 Å². The van der Waals surface area contributed by atoms with Gasteiger partial charge in [-0.3, -0.25) is 24.1 Å². The van der Waals surface area contributed by atoms with E-state index >= 15 is 0 Å². The number of pyridine rings is 1. The van der Waals surface area contributed by atoms with Crippen molar-refractivity contribution >= 4 is 51.9 Å². The van der Waals surface area contributed by atoms with Crippen LogP contribution in [0.5, 0.6) is 0 Å². The van der Waals surface area contributed by atoms with Gasteiger partial charge in [0.1, 0.15) is 17.9 Å². The van der Waals surface area contributed by atoms with Crippen molar-refractivity contribution in [2.75, 3.05) is 336 Å². The number of rotatable bonds is 81. The van der Waals surface area contributed by atoms with Crippen LogP contribution in [0.15, 0.2) is 36.4 Å². The number of benzene rings is 1. The highest BCUT2D eigenvalue weighted by atomic mass is 16.6. The lowest BCUT2D eigenvalue weighted by Crippen LogP contribution is -2.35. The van der Waals surface area contributed by atoms with Crippen molar-refractivity contribution < 1.29 is 143 Å².